The number of para-hydroxylation sites is 1. The topological polar surface area (TPSA) is 105 Å². The van der Waals surface area contributed by atoms with Crippen LogP contribution in [-0.4, -0.2) is 39.5 Å². The van der Waals surface area contributed by atoms with E-state index in [0.717, 1.165) is 41.1 Å². The molecule has 9 heteroatoms. The number of amides is 1. The van der Waals surface area contributed by atoms with Crippen molar-refractivity contribution in [2.24, 2.45) is 0 Å². The van der Waals surface area contributed by atoms with Crippen LogP contribution in [0.2, 0.25) is 5.02 Å². The number of carbonyl (C=O) groups is 1. The molecule has 4 aromatic rings. The number of H-pyrrole nitrogens is 1. The number of methoxy groups -OCH3 is 1. The fourth-order valence-corrected chi connectivity index (χ4v) is 4.60. The van der Waals surface area contributed by atoms with Crippen molar-refractivity contribution in [3.8, 4) is 17.0 Å². The molecular formula is C24H21ClN6O2. The molecule has 1 saturated carbocycles. The Morgan fingerprint density at radius 3 is 2.91 bits per heavy atom. The van der Waals surface area contributed by atoms with Gasteiger partial charge in [-0.25, -0.2) is 9.97 Å². The molecule has 166 valence electrons. The summed E-state index contributed by atoms with van der Waals surface area (Å²) in [6, 6.07) is 7.38. The quantitative estimate of drug-likeness (QED) is 0.402. The number of fused-ring (bicyclic) bond motifs is 2. The maximum atomic E-state index is 12.9. The molecule has 0 bridgehead atoms. The highest BCUT2D eigenvalue weighted by Gasteiger charge is 2.30. The van der Waals surface area contributed by atoms with E-state index in [9.17, 15) is 4.79 Å². The summed E-state index contributed by atoms with van der Waals surface area (Å²) in [5.41, 5.74) is 5.87. The third-order valence-corrected chi connectivity index (χ3v) is 6.40. The summed E-state index contributed by atoms with van der Waals surface area (Å²) in [5, 5.41) is 6.84. The van der Waals surface area contributed by atoms with Gasteiger partial charge in [0.2, 0.25) is 0 Å². The number of rotatable bonds is 5. The number of pyridine rings is 1. The summed E-state index contributed by atoms with van der Waals surface area (Å²) in [6.45, 7) is 0.580. The van der Waals surface area contributed by atoms with Gasteiger partial charge < -0.3 is 20.4 Å². The predicted molar refractivity (Wildman–Crippen MR) is 126 cm³/mol. The second-order valence-corrected chi connectivity index (χ2v) is 8.68. The largest absolute Gasteiger partial charge is 0.493 e. The van der Waals surface area contributed by atoms with Gasteiger partial charge in [-0.3, -0.25) is 9.78 Å². The first-order chi connectivity index (χ1) is 16.1. The number of ether oxygens (including phenoxy) is 1. The van der Waals surface area contributed by atoms with Crippen molar-refractivity contribution < 1.29 is 9.53 Å². The highest BCUT2D eigenvalue weighted by Crippen LogP contribution is 2.43. The zero-order valence-electron chi connectivity index (χ0n) is 17.9. The van der Waals surface area contributed by atoms with Crippen LogP contribution >= 0.6 is 11.6 Å². The van der Waals surface area contributed by atoms with Gasteiger partial charge in [-0.1, -0.05) is 17.7 Å². The van der Waals surface area contributed by atoms with Gasteiger partial charge in [0.25, 0.3) is 5.91 Å². The van der Waals surface area contributed by atoms with E-state index in [-0.39, 0.29) is 5.91 Å². The molecule has 0 spiro atoms. The minimum atomic E-state index is -0.131. The SMILES string of the molecule is COc1c(Cl)cccc1Nc1c(-c2ccnc3cnc(C4CC4)nc23)[nH]c2c1C(=O)NCC2. The van der Waals surface area contributed by atoms with E-state index in [1.54, 1.807) is 25.6 Å². The smallest absolute Gasteiger partial charge is 0.255 e. The number of carbonyl (C=O) groups excluding carboxylic acids is 1. The highest BCUT2D eigenvalue weighted by atomic mass is 35.5. The molecule has 0 unspecified atom stereocenters. The van der Waals surface area contributed by atoms with E-state index in [1.807, 2.05) is 18.2 Å². The number of anilines is 2. The zero-order valence-corrected chi connectivity index (χ0v) is 18.7. The third-order valence-electron chi connectivity index (χ3n) is 6.11. The van der Waals surface area contributed by atoms with Crippen molar-refractivity contribution >= 4 is 39.9 Å². The van der Waals surface area contributed by atoms with Crippen LogP contribution in [0.1, 0.15) is 40.6 Å². The van der Waals surface area contributed by atoms with Crippen LogP contribution < -0.4 is 15.4 Å². The Morgan fingerprint density at radius 1 is 1.21 bits per heavy atom. The van der Waals surface area contributed by atoms with Crippen molar-refractivity contribution in [3.05, 3.63) is 58.8 Å². The Labute approximate surface area is 194 Å². The minimum absolute atomic E-state index is 0.131. The van der Waals surface area contributed by atoms with Crippen molar-refractivity contribution in [3.63, 3.8) is 0 Å². The molecule has 8 nitrogen and oxygen atoms in total. The number of aromatic nitrogens is 4. The van der Waals surface area contributed by atoms with Crippen LogP contribution in [0.5, 0.6) is 5.75 Å². The summed E-state index contributed by atoms with van der Waals surface area (Å²) in [6.07, 6.45) is 6.44. The van der Waals surface area contributed by atoms with Crippen LogP contribution in [-0.2, 0) is 6.42 Å². The van der Waals surface area contributed by atoms with Gasteiger partial charge in [-0.05, 0) is 31.0 Å². The van der Waals surface area contributed by atoms with Crippen molar-refractivity contribution in [1.29, 1.82) is 0 Å². The second kappa shape index (κ2) is 7.74. The lowest BCUT2D eigenvalue weighted by Gasteiger charge is -2.17. The lowest BCUT2D eigenvalue weighted by molar-refractivity contribution is 0.0947. The average Bonchev–Trinajstić information content (AvgIpc) is 3.61. The molecule has 3 N–H and O–H groups in total. The number of aromatic amines is 1. The number of halogens is 1. The maximum Gasteiger partial charge on any atom is 0.255 e. The van der Waals surface area contributed by atoms with Gasteiger partial charge >= 0.3 is 0 Å². The lowest BCUT2D eigenvalue weighted by atomic mass is 10.0. The van der Waals surface area contributed by atoms with Crippen LogP contribution in [0, 0.1) is 0 Å². The summed E-state index contributed by atoms with van der Waals surface area (Å²) < 4.78 is 5.52. The molecule has 2 aliphatic rings. The first-order valence-corrected chi connectivity index (χ1v) is 11.3. The van der Waals surface area contributed by atoms with Crippen molar-refractivity contribution in [1.82, 2.24) is 25.3 Å². The number of hydrogen-bond donors (Lipinski definition) is 3. The first kappa shape index (κ1) is 20.0. The third kappa shape index (κ3) is 3.38. The number of hydrogen-bond acceptors (Lipinski definition) is 6. The molecule has 4 heterocycles. The van der Waals surface area contributed by atoms with Crippen molar-refractivity contribution in [2.75, 3.05) is 19.0 Å². The molecule has 1 aliphatic heterocycles. The van der Waals surface area contributed by atoms with E-state index < -0.39 is 0 Å². The Bertz CT molecular complexity index is 1410. The van der Waals surface area contributed by atoms with Gasteiger partial charge in [-0.15, -0.1) is 0 Å². The van der Waals surface area contributed by atoms with Crippen LogP contribution in [0.3, 0.4) is 0 Å². The van der Waals surface area contributed by atoms with Gasteiger partial charge in [0.1, 0.15) is 16.9 Å². The Balaban J connectivity index is 1.57. The first-order valence-electron chi connectivity index (χ1n) is 10.9. The van der Waals surface area contributed by atoms with E-state index in [2.05, 4.69) is 25.6 Å². The molecule has 0 atom stereocenters. The molecular weight excluding hydrogens is 440 g/mol. The standard InChI is InChI=1S/C24H21ClN6O2/c1-33-22-14(25)3-2-4-16(22)30-21-18-15(8-10-27-24(18)32)29-20(21)13-7-9-26-17-11-28-23(12-5-6-12)31-19(13)17/h2-4,7,9,11-12,29-30H,5-6,8,10H2,1H3,(H,27,32). The van der Waals surface area contributed by atoms with Crippen molar-refractivity contribution in [2.45, 2.75) is 25.2 Å². The van der Waals surface area contributed by atoms with Crippen LogP contribution in [0.4, 0.5) is 11.4 Å². The summed E-state index contributed by atoms with van der Waals surface area (Å²) in [5.74, 6) is 1.64. The fourth-order valence-electron chi connectivity index (χ4n) is 4.35. The summed E-state index contributed by atoms with van der Waals surface area (Å²) in [7, 11) is 1.57. The Morgan fingerprint density at radius 2 is 2.09 bits per heavy atom. The van der Waals surface area contributed by atoms with E-state index in [1.165, 1.54) is 0 Å². The van der Waals surface area contributed by atoms with Gasteiger partial charge in [-0.2, -0.15) is 0 Å². The summed E-state index contributed by atoms with van der Waals surface area (Å²) in [4.78, 5) is 30.2. The molecule has 3 aromatic heterocycles. The molecule has 1 aliphatic carbocycles. The molecule has 0 radical (unpaired) electrons. The van der Waals surface area contributed by atoms with Gasteiger partial charge in [0.15, 0.2) is 5.75 Å². The van der Waals surface area contributed by atoms with E-state index >= 15 is 0 Å². The molecule has 0 saturated heterocycles. The molecule has 1 fully saturated rings. The Hall–Kier alpha value is -3.65. The normalized spacial score (nSPS) is 15.3. The van der Waals surface area contributed by atoms with Crippen LogP contribution in [0.15, 0.2) is 36.7 Å². The highest BCUT2D eigenvalue weighted by molar-refractivity contribution is 6.32. The van der Waals surface area contributed by atoms with E-state index in [0.29, 0.717) is 52.1 Å². The van der Waals surface area contributed by atoms with E-state index in [4.69, 9.17) is 21.3 Å². The van der Waals surface area contributed by atoms with Gasteiger partial charge in [0, 0.05) is 36.3 Å². The second-order valence-electron chi connectivity index (χ2n) is 8.27. The van der Waals surface area contributed by atoms with Crippen LogP contribution in [0.25, 0.3) is 22.3 Å². The number of nitrogens with zero attached hydrogens (tertiary/aromatic N) is 3. The fraction of sp³-hybridized carbons (Fsp3) is 0.250. The summed E-state index contributed by atoms with van der Waals surface area (Å²) >= 11 is 6.35. The Kier molecular flexibility index (Phi) is 4.69. The molecule has 1 amide bonds. The molecule has 6 rings (SSSR count). The number of benzene rings is 1. The lowest BCUT2D eigenvalue weighted by Crippen LogP contribution is -2.31. The monoisotopic (exact) mass is 460 g/mol. The molecule has 1 aromatic carbocycles. The average molecular weight is 461 g/mol. The number of nitrogens with one attached hydrogen (secondary N) is 3. The van der Waals surface area contributed by atoms with Gasteiger partial charge in [0.05, 0.1) is 41.0 Å². The molecule has 33 heavy (non-hydrogen) atoms. The zero-order chi connectivity index (χ0) is 22.5. The maximum absolute atomic E-state index is 12.9. The minimum Gasteiger partial charge on any atom is -0.493 e. The predicted octanol–water partition coefficient (Wildman–Crippen LogP) is 4.59.